The zero-order chi connectivity index (χ0) is 24.9. The van der Waals surface area contributed by atoms with Crippen molar-refractivity contribution < 1.29 is 31.2 Å². The topological polar surface area (TPSA) is 130 Å². The second kappa shape index (κ2) is 10.4. The van der Waals surface area contributed by atoms with E-state index in [2.05, 4.69) is 25.6 Å². The number of carbonyl (C=O) groups is 2. The minimum Gasteiger partial charge on any atom is -0.326 e. The Labute approximate surface area is 200 Å². The van der Waals surface area contributed by atoms with E-state index in [1.54, 1.807) is 18.2 Å². The molecule has 0 fully saturated rings. The number of benzene rings is 2. The Morgan fingerprint density at radius 3 is 2.32 bits per heavy atom. The lowest BCUT2D eigenvalue weighted by Crippen LogP contribution is -2.15. The van der Waals surface area contributed by atoms with Gasteiger partial charge in [-0.1, -0.05) is 23.5 Å². The normalized spacial score (nSPS) is 11.6. The monoisotopic (exact) mass is 531 g/mol. The van der Waals surface area contributed by atoms with Gasteiger partial charge in [0, 0.05) is 17.5 Å². The van der Waals surface area contributed by atoms with Gasteiger partial charge < -0.3 is 5.32 Å². The van der Waals surface area contributed by atoms with Crippen LogP contribution in [0.25, 0.3) is 0 Å². The number of sulfonamides is 1. The Balaban J connectivity index is 1.65. The van der Waals surface area contributed by atoms with E-state index in [0.29, 0.717) is 10.6 Å². The number of hydrogen-bond donors (Lipinski definition) is 3. The number of anilines is 3. The summed E-state index contributed by atoms with van der Waals surface area (Å²) >= 11 is 1.18. The van der Waals surface area contributed by atoms with Gasteiger partial charge in [0.15, 0.2) is 0 Å². The highest BCUT2D eigenvalue weighted by molar-refractivity contribution is 8.00. The highest BCUT2D eigenvalue weighted by Crippen LogP contribution is 2.33. The minimum absolute atomic E-state index is 0.0455. The van der Waals surface area contributed by atoms with E-state index < -0.39 is 27.1 Å². The summed E-state index contributed by atoms with van der Waals surface area (Å²) in [6.45, 7) is 1.33. The van der Waals surface area contributed by atoms with Crippen LogP contribution in [0.4, 0.5) is 29.7 Å². The van der Waals surface area contributed by atoms with Crippen molar-refractivity contribution in [3.05, 3.63) is 53.5 Å². The molecule has 34 heavy (non-hydrogen) atoms. The lowest BCUT2D eigenvalue weighted by atomic mass is 10.3. The number of hydrogen-bond acceptors (Lipinski definition) is 8. The molecule has 1 aromatic heterocycles. The molecule has 0 saturated carbocycles. The number of rotatable bonds is 8. The molecule has 3 rings (SSSR count). The lowest BCUT2D eigenvalue weighted by Gasteiger charge is -2.12. The molecule has 0 aliphatic heterocycles. The highest BCUT2D eigenvalue weighted by Gasteiger charge is 2.35. The van der Waals surface area contributed by atoms with Crippen molar-refractivity contribution >= 4 is 61.4 Å². The van der Waals surface area contributed by atoms with Crippen molar-refractivity contribution in [2.75, 3.05) is 21.1 Å². The third-order valence-corrected chi connectivity index (χ3v) is 7.23. The lowest BCUT2D eigenvalue weighted by molar-refractivity contribution is -0.138. The van der Waals surface area contributed by atoms with Gasteiger partial charge in [-0.15, -0.1) is 22.0 Å². The molecule has 0 spiro atoms. The predicted octanol–water partition coefficient (Wildman–Crippen LogP) is 4.05. The van der Waals surface area contributed by atoms with E-state index in [-0.39, 0.29) is 38.7 Å². The Bertz CT molecular complexity index is 1300. The number of para-hydroxylation sites is 1. The van der Waals surface area contributed by atoms with Crippen LogP contribution >= 0.6 is 23.1 Å². The van der Waals surface area contributed by atoms with Gasteiger partial charge in [-0.25, -0.2) is 8.42 Å². The van der Waals surface area contributed by atoms with Crippen LogP contribution in [0.15, 0.2) is 58.3 Å². The maximum Gasteiger partial charge on any atom is 0.445 e. The number of amides is 2. The first-order valence-electron chi connectivity index (χ1n) is 9.27. The largest absolute Gasteiger partial charge is 0.445 e. The maximum atomic E-state index is 12.8. The second-order valence-electron chi connectivity index (χ2n) is 6.55. The molecule has 3 N–H and O–H groups in total. The third kappa shape index (κ3) is 6.91. The van der Waals surface area contributed by atoms with Crippen LogP contribution in [0.1, 0.15) is 11.9 Å². The van der Waals surface area contributed by atoms with Gasteiger partial charge >= 0.3 is 6.18 Å². The van der Waals surface area contributed by atoms with Crippen LogP contribution in [0.3, 0.4) is 0 Å². The number of carbonyl (C=O) groups excluding carboxylic acids is 2. The van der Waals surface area contributed by atoms with Gasteiger partial charge in [-0.05, 0) is 36.4 Å². The minimum atomic E-state index is -4.66. The Hall–Kier alpha value is -3.17. The fraction of sp³-hybridized carbons (Fsp3) is 0.158. The van der Waals surface area contributed by atoms with Gasteiger partial charge in [0.2, 0.25) is 22.0 Å². The SMILES string of the molecule is CC(=O)Nc1ccc(S(=O)(=O)Nc2ccccc2SCC(=O)Nc2nnc(C(F)(F)F)s2)cc1. The fourth-order valence-electron chi connectivity index (χ4n) is 2.49. The zero-order valence-corrected chi connectivity index (χ0v) is 19.7. The molecule has 9 nitrogen and oxygen atoms in total. The van der Waals surface area contributed by atoms with Crippen molar-refractivity contribution in [1.29, 1.82) is 0 Å². The molecule has 3 aromatic rings. The van der Waals surface area contributed by atoms with Crippen LogP contribution in [-0.4, -0.2) is 36.2 Å². The van der Waals surface area contributed by atoms with Gasteiger partial charge in [0.25, 0.3) is 10.0 Å². The average Bonchev–Trinajstić information content (AvgIpc) is 3.22. The standard InChI is InChI=1S/C19H16F3N5O4S3/c1-11(28)23-12-6-8-13(9-7-12)34(30,31)27-14-4-2-3-5-15(14)32-10-16(29)24-18-26-25-17(33-18)19(20,21)22/h2-9,27H,10H2,1H3,(H,23,28)(H,24,26,29). The van der Waals surface area contributed by atoms with E-state index in [1.165, 1.54) is 37.3 Å². The van der Waals surface area contributed by atoms with Crippen molar-refractivity contribution in [3.63, 3.8) is 0 Å². The first kappa shape index (κ1) is 25.5. The summed E-state index contributed by atoms with van der Waals surface area (Å²) < 4.78 is 65.8. The maximum absolute atomic E-state index is 12.8. The molecule has 0 unspecified atom stereocenters. The first-order chi connectivity index (χ1) is 15.9. The molecule has 0 bridgehead atoms. The number of halogens is 3. The average molecular weight is 532 g/mol. The number of nitrogens with zero attached hydrogens (tertiary/aromatic N) is 2. The van der Waals surface area contributed by atoms with E-state index in [9.17, 15) is 31.2 Å². The number of alkyl halides is 3. The molecule has 0 atom stereocenters. The number of nitrogens with one attached hydrogen (secondary N) is 3. The number of thioether (sulfide) groups is 1. The van der Waals surface area contributed by atoms with E-state index in [4.69, 9.17) is 0 Å². The molecule has 2 aromatic carbocycles. The third-order valence-electron chi connectivity index (χ3n) is 3.89. The molecule has 0 aliphatic rings. The molecular weight excluding hydrogens is 515 g/mol. The van der Waals surface area contributed by atoms with Gasteiger partial charge in [0.1, 0.15) is 0 Å². The van der Waals surface area contributed by atoms with Crippen LogP contribution in [0.2, 0.25) is 0 Å². The smallest absolute Gasteiger partial charge is 0.326 e. The Kier molecular flexibility index (Phi) is 7.78. The van der Waals surface area contributed by atoms with Gasteiger partial charge in [0.05, 0.1) is 16.3 Å². The van der Waals surface area contributed by atoms with Crippen molar-refractivity contribution in [2.45, 2.75) is 22.9 Å². The quantitative estimate of drug-likeness (QED) is 0.374. The number of aromatic nitrogens is 2. The van der Waals surface area contributed by atoms with E-state index in [1.807, 2.05) is 0 Å². The molecular formula is C19H16F3N5O4S3. The predicted molar refractivity (Wildman–Crippen MR) is 122 cm³/mol. The van der Waals surface area contributed by atoms with Crippen molar-refractivity contribution in [3.8, 4) is 0 Å². The van der Waals surface area contributed by atoms with E-state index >= 15 is 0 Å². The molecule has 0 radical (unpaired) electrons. The highest BCUT2D eigenvalue weighted by atomic mass is 32.2. The molecule has 15 heteroatoms. The van der Waals surface area contributed by atoms with Gasteiger partial charge in [-0.2, -0.15) is 13.2 Å². The van der Waals surface area contributed by atoms with Crippen LogP contribution in [0, 0.1) is 0 Å². The van der Waals surface area contributed by atoms with Crippen molar-refractivity contribution in [2.24, 2.45) is 0 Å². The second-order valence-corrected chi connectivity index (χ2v) is 10.2. The summed E-state index contributed by atoms with van der Waals surface area (Å²) in [5, 5.41) is 9.57. The fourth-order valence-corrected chi connectivity index (χ4v) is 5.07. The van der Waals surface area contributed by atoms with Crippen LogP contribution in [-0.2, 0) is 25.8 Å². The molecule has 0 aliphatic carbocycles. The molecule has 0 saturated heterocycles. The first-order valence-corrected chi connectivity index (χ1v) is 12.6. The van der Waals surface area contributed by atoms with E-state index in [0.717, 1.165) is 11.8 Å². The molecule has 180 valence electrons. The van der Waals surface area contributed by atoms with Crippen molar-refractivity contribution in [1.82, 2.24) is 10.2 Å². The Morgan fingerprint density at radius 1 is 1.03 bits per heavy atom. The zero-order valence-electron chi connectivity index (χ0n) is 17.2. The molecule has 2 amide bonds. The summed E-state index contributed by atoms with van der Waals surface area (Å²) in [7, 11) is -3.98. The van der Waals surface area contributed by atoms with Crippen LogP contribution < -0.4 is 15.4 Å². The summed E-state index contributed by atoms with van der Waals surface area (Å²) in [5.74, 6) is -1.15. The van der Waals surface area contributed by atoms with Gasteiger partial charge in [-0.3, -0.25) is 19.6 Å². The van der Waals surface area contributed by atoms with Crippen LogP contribution in [0.5, 0.6) is 0 Å². The molecule has 1 heterocycles. The summed E-state index contributed by atoms with van der Waals surface area (Å²) in [6, 6.07) is 11.9. The summed E-state index contributed by atoms with van der Waals surface area (Å²) in [6.07, 6.45) is -4.66. The summed E-state index contributed by atoms with van der Waals surface area (Å²) in [5.41, 5.74) is 0.646. The Morgan fingerprint density at radius 2 is 1.71 bits per heavy atom. The summed E-state index contributed by atoms with van der Waals surface area (Å²) in [4.78, 5) is 23.6.